The summed E-state index contributed by atoms with van der Waals surface area (Å²) in [6.45, 7) is 3.32. The van der Waals surface area contributed by atoms with Gasteiger partial charge in [0, 0.05) is 31.0 Å². The van der Waals surface area contributed by atoms with Gasteiger partial charge in [0.05, 0.1) is 24.7 Å². The van der Waals surface area contributed by atoms with Crippen LogP contribution in [0.1, 0.15) is 29.4 Å². The van der Waals surface area contributed by atoms with Crippen LogP contribution < -0.4 is 5.32 Å². The van der Waals surface area contributed by atoms with Gasteiger partial charge in [0.15, 0.2) is 5.00 Å². The third kappa shape index (κ3) is 5.39. The summed E-state index contributed by atoms with van der Waals surface area (Å²) in [6.07, 6.45) is 0.556. The minimum absolute atomic E-state index is 0.0205. The maximum Gasteiger partial charge on any atom is 0.362 e. The molecule has 1 aliphatic rings. The number of carbonyl (C=O) groups is 2. The summed E-state index contributed by atoms with van der Waals surface area (Å²) in [5.74, 6) is -0.949. The summed E-state index contributed by atoms with van der Waals surface area (Å²) in [5, 5.41) is 6.55. The average molecular weight is 455 g/mol. The Morgan fingerprint density at radius 2 is 1.93 bits per heavy atom. The number of anilines is 1. The van der Waals surface area contributed by atoms with Gasteiger partial charge in [-0.3, -0.25) is 4.79 Å². The van der Waals surface area contributed by atoms with Gasteiger partial charge >= 0.3 is 5.97 Å². The third-order valence-electron chi connectivity index (χ3n) is 4.38. The number of morpholine rings is 1. The Bertz CT molecular complexity index is 984. The summed E-state index contributed by atoms with van der Waals surface area (Å²) in [7, 11) is -3.54. The first kappa shape index (κ1) is 22.3. The second kappa shape index (κ2) is 10.1. The van der Waals surface area contributed by atoms with E-state index in [9.17, 15) is 18.0 Å². The van der Waals surface area contributed by atoms with Gasteiger partial charge in [-0.15, -0.1) is 5.10 Å². The first-order valence-electron chi connectivity index (χ1n) is 9.38. The maximum absolute atomic E-state index is 12.6. The number of carbonyl (C=O) groups excluding carboxylic acids is 2. The van der Waals surface area contributed by atoms with Crippen molar-refractivity contribution < 1.29 is 27.5 Å². The van der Waals surface area contributed by atoms with Gasteiger partial charge in [0.25, 0.3) is 0 Å². The van der Waals surface area contributed by atoms with Crippen molar-refractivity contribution in [2.24, 2.45) is 0 Å². The number of hydrogen-bond donors (Lipinski definition) is 1. The molecule has 0 atom stereocenters. The summed E-state index contributed by atoms with van der Waals surface area (Å²) in [6, 6.07) is 6.48. The Balaban J connectivity index is 1.56. The topological polar surface area (TPSA) is 128 Å². The van der Waals surface area contributed by atoms with Gasteiger partial charge in [-0.2, -0.15) is 4.31 Å². The zero-order chi connectivity index (χ0) is 21.6. The van der Waals surface area contributed by atoms with Crippen molar-refractivity contribution in [3.63, 3.8) is 0 Å². The van der Waals surface area contributed by atoms with Crippen molar-refractivity contribution >= 4 is 38.4 Å². The SMILES string of the molecule is CCOC(=O)c1nnsc1NC(=O)CCc1ccc(S(=O)(=O)N2CCOCC2)cc1. The van der Waals surface area contributed by atoms with E-state index in [4.69, 9.17) is 9.47 Å². The Kier molecular flexibility index (Phi) is 7.48. The highest BCUT2D eigenvalue weighted by Crippen LogP contribution is 2.20. The van der Waals surface area contributed by atoms with Crippen LogP contribution in [0.4, 0.5) is 5.00 Å². The van der Waals surface area contributed by atoms with Crippen molar-refractivity contribution in [3.05, 3.63) is 35.5 Å². The highest BCUT2D eigenvalue weighted by molar-refractivity contribution is 7.89. The first-order chi connectivity index (χ1) is 14.4. The zero-order valence-corrected chi connectivity index (χ0v) is 18.0. The van der Waals surface area contributed by atoms with E-state index in [0.29, 0.717) is 32.7 Å². The summed E-state index contributed by atoms with van der Waals surface area (Å²) >= 11 is 0.898. The largest absolute Gasteiger partial charge is 0.461 e. The highest BCUT2D eigenvalue weighted by Gasteiger charge is 2.26. The van der Waals surface area contributed by atoms with Crippen molar-refractivity contribution in [3.8, 4) is 0 Å². The monoisotopic (exact) mass is 454 g/mol. The summed E-state index contributed by atoms with van der Waals surface area (Å²) < 4.78 is 40.4. The van der Waals surface area contributed by atoms with Gasteiger partial charge in [0.2, 0.25) is 21.6 Å². The minimum atomic E-state index is -3.54. The van der Waals surface area contributed by atoms with Crippen LogP contribution in [-0.4, -0.2) is 67.1 Å². The number of esters is 1. The molecule has 3 rings (SSSR count). The van der Waals surface area contributed by atoms with Crippen LogP contribution >= 0.6 is 11.5 Å². The van der Waals surface area contributed by atoms with E-state index in [1.165, 1.54) is 4.31 Å². The lowest BCUT2D eigenvalue weighted by atomic mass is 10.1. The van der Waals surface area contributed by atoms with Gasteiger partial charge < -0.3 is 14.8 Å². The van der Waals surface area contributed by atoms with Crippen LogP contribution in [0, 0.1) is 0 Å². The molecule has 1 aliphatic heterocycles. The molecule has 0 aliphatic carbocycles. The van der Waals surface area contributed by atoms with E-state index in [1.54, 1.807) is 31.2 Å². The lowest BCUT2D eigenvalue weighted by molar-refractivity contribution is -0.116. The van der Waals surface area contributed by atoms with E-state index >= 15 is 0 Å². The number of ether oxygens (including phenoxy) is 2. The molecule has 30 heavy (non-hydrogen) atoms. The van der Waals surface area contributed by atoms with Crippen LogP contribution in [0.3, 0.4) is 0 Å². The standard InChI is InChI=1S/C18H22N4O6S2/c1-2-28-18(24)16-17(29-21-20-16)19-15(23)8-5-13-3-6-14(7-4-13)30(25,26)22-9-11-27-12-10-22/h3-4,6-7H,2,5,8-12H2,1H3,(H,19,23). The molecule has 162 valence electrons. The molecule has 1 aromatic carbocycles. The maximum atomic E-state index is 12.6. The van der Waals surface area contributed by atoms with E-state index in [-0.39, 0.29) is 34.5 Å². The van der Waals surface area contributed by atoms with Crippen LogP contribution in [-0.2, 0) is 30.7 Å². The normalized spacial score (nSPS) is 15.0. The molecule has 0 unspecified atom stereocenters. The Morgan fingerprint density at radius 3 is 2.60 bits per heavy atom. The highest BCUT2D eigenvalue weighted by atomic mass is 32.2. The van der Waals surface area contributed by atoms with Crippen molar-refractivity contribution in [1.82, 2.24) is 13.9 Å². The third-order valence-corrected chi connectivity index (χ3v) is 6.94. The molecular formula is C18H22N4O6S2. The van der Waals surface area contributed by atoms with Crippen molar-refractivity contribution in [2.75, 3.05) is 38.2 Å². The van der Waals surface area contributed by atoms with Gasteiger partial charge in [-0.25, -0.2) is 13.2 Å². The molecular weight excluding hydrogens is 432 g/mol. The smallest absolute Gasteiger partial charge is 0.362 e. The molecule has 0 radical (unpaired) electrons. The number of aryl methyl sites for hydroxylation is 1. The molecule has 2 aromatic rings. The fraction of sp³-hybridized carbons (Fsp3) is 0.444. The lowest BCUT2D eigenvalue weighted by Gasteiger charge is -2.26. The predicted octanol–water partition coefficient (Wildman–Crippen LogP) is 1.31. The summed E-state index contributed by atoms with van der Waals surface area (Å²) in [4.78, 5) is 24.2. The molecule has 2 heterocycles. The molecule has 1 amide bonds. The van der Waals surface area contributed by atoms with Crippen LogP contribution in [0.25, 0.3) is 0 Å². The minimum Gasteiger partial charge on any atom is -0.461 e. The molecule has 1 fully saturated rings. The predicted molar refractivity (Wildman–Crippen MR) is 109 cm³/mol. The number of nitrogens with one attached hydrogen (secondary N) is 1. The van der Waals surface area contributed by atoms with E-state index in [1.807, 2.05) is 0 Å². The van der Waals surface area contributed by atoms with Gasteiger partial charge in [-0.05, 0) is 31.0 Å². The first-order valence-corrected chi connectivity index (χ1v) is 11.6. The molecule has 1 saturated heterocycles. The van der Waals surface area contributed by atoms with E-state index in [2.05, 4.69) is 14.9 Å². The molecule has 12 heteroatoms. The zero-order valence-electron chi connectivity index (χ0n) is 16.4. The number of benzene rings is 1. The fourth-order valence-corrected chi connectivity index (χ4v) is 4.80. The summed E-state index contributed by atoms with van der Waals surface area (Å²) in [5.41, 5.74) is 0.798. The molecule has 1 N–H and O–H groups in total. The second-order valence-corrected chi connectivity index (χ2v) is 9.07. The number of sulfonamides is 1. The number of rotatable bonds is 8. The molecule has 0 saturated carbocycles. The van der Waals surface area contributed by atoms with Gasteiger partial charge in [0.1, 0.15) is 0 Å². The number of hydrogen-bond acceptors (Lipinski definition) is 9. The average Bonchev–Trinajstić information content (AvgIpc) is 3.21. The van der Waals surface area contributed by atoms with Crippen LogP contribution in [0.5, 0.6) is 0 Å². The van der Waals surface area contributed by atoms with E-state index < -0.39 is 16.0 Å². The molecule has 10 nitrogen and oxygen atoms in total. The molecule has 0 spiro atoms. The quantitative estimate of drug-likeness (QED) is 0.591. The van der Waals surface area contributed by atoms with Crippen molar-refractivity contribution in [1.29, 1.82) is 0 Å². The number of amides is 1. The van der Waals surface area contributed by atoms with Crippen LogP contribution in [0.15, 0.2) is 29.2 Å². The Hall–Kier alpha value is -2.41. The Morgan fingerprint density at radius 1 is 1.23 bits per heavy atom. The molecule has 1 aromatic heterocycles. The molecule has 0 bridgehead atoms. The van der Waals surface area contributed by atoms with Crippen LogP contribution in [0.2, 0.25) is 0 Å². The Labute approximate surface area is 178 Å². The number of aromatic nitrogens is 2. The second-order valence-electron chi connectivity index (χ2n) is 6.38. The lowest BCUT2D eigenvalue weighted by Crippen LogP contribution is -2.40. The fourth-order valence-electron chi connectivity index (χ4n) is 2.82. The van der Waals surface area contributed by atoms with Crippen molar-refractivity contribution in [2.45, 2.75) is 24.7 Å². The van der Waals surface area contributed by atoms with Gasteiger partial charge in [-0.1, -0.05) is 16.6 Å². The van der Waals surface area contributed by atoms with E-state index in [0.717, 1.165) is 17.1 Å². The number of nitrogens with zero attached hydrogens (tertiary/aromatic N) is 3.